The second-order valence-corrected chi connectivity index (χ2v) is 8.18. The summed E-state index contributed by atoms with van der Waals surface area (Å²) < 4.78 is -1.01. The molecule has 8 heteroatoms. The van der Waals surface area contributed by atoms with Gasteiger partial charge in [-0.1, -0.05) is 17.7 Å². The van der Waals surface area contributed by atoms with Gasteiger partial charge in [-0.25, -0.2) is 0 Å². The largest absolute Gasteiger partial charge is 0.398 e. The molecule has 2 amide bonds. The molecule has 1 aliphatic rings. The highest BCUT2D eigenvalue weighted by molar-refractivity contribution is 6.52. The average Bonchev–Trinajstić information content (AvgIpc) is 3.21. The highest BCUT2D eigenvalue weighted by atomic mass is 35.5. The maximum Gasteiger partial charge on any atom is 0.257 e. The number of hydrogen-bond donors (Lipinski definition) is 3. The van der Waals surface area contributed by atoms with Crippen molar-refractivity contribution < 1.29 is 9.59 Å². The quantitative estimate of drug-likeness (QED) is 0.506. The summed E-state index contributed by atoms with van der Waals surface area (Å²) in [4.78, 5) is 24.6. The highest BCUT2D eigenvalue weighted by Crippen LogP contribution is 2.53. The number of alkyl halides is 2. The number of halogens is 3. The van der Waals surface area contributed by atoms with Crippen LogP contribution in [-0.4, -0.2) is 16.1 Å². The molecule has 26 heavy (non-hydrogen) atoms. The molecule has 4 N–H and O–H groups in total. The Labute approximate surface area is 165 Å². The predicted molar refractivity (Wildman–Crippen MR) is 106 cm³/mol. The van der Waals surface area contributed by atoms with Gasteiger partial charge in [0.2, 0.25) is 5.91 Å². The van der Waals surface area contributed by atoms with Gasteiger partial charge in [-0.3, -0.25) is 9.59 Å². The molecule has 0 aliphatic heterocycles. The van der Waals surface area contributed by atoms with Crippen molar-refractivity contribution in [2.75, 3.05) is 16.4 Å². The summed E-state index contributed by atoms with van der Waals surface area (Å²) in [5, 5.41) is 5.69. The molecule has 0 radical (unpaired) electrons. The Bertz CT molecular complexity index is 899. The van der Waals surface area contributed by atoms with Gasteiger partial charge in [0.25, 0.3) is 5.91 Å². The molecule has 1 atom stereocenters. The Morgan fingerprint density at radius 3 is 2.35 bits per heavy atom. The molecule has 2 aromatic rings. The first-order valence-corrected chi connectivity index (χ1v) is 8.96. The Morgan fingerprint density at radius 2 is 1.73 bits per heavy atom. The van der Waals surface area contributed by atoms with Crippen LogP contribution in [0.5, 0.6) is 0 Å². The average molecular weight is 413 g/mol. The molecule has 0 aromatic heterocycles. The first kappa shape index (κ1) is 18.8. The topological polar surface area (TPSA) is 84.2 Å². The van der Waals surface area contributed by atoms with Gasteiger partial charge in [0, 0.05) is 17.1 Å². The first-order chi connectivity index (χ1) is 12.2. The Morgan fingerprint density at radius 1 is 1.12 bits per heavy atom. The number of carbonyl (C=O) groups is 2. The Hall–Kier alpha value is -1.95. The second-order valence-electron chi connectivity index (χ2n) is 6.23. The first-order valence-electron chi connectivity index (χ1n) is 7.83. The third kappa shape index (κ3) is 4.06. The van der Waals surface area contributed by atoms with Crippen LogP contribution in [0.4, 0.5) is 17.1 Å². The standard InChI is InChI=1S/C18H16Cl3N3O2/c1-9-2-3-11(7-15(9)22)23-16(25)12-6-10(4-5-14(12)19)24-17(26)13-8-18(13,20)21/h2-7,13H,8,22H2,1H3,(H,23,25)(H,24,26). The maximum atomic E-state index is 12.5. The van der Waals surface area contributed by atoms with Gasteiger partial charge in [0.15, 0.2) is 0 Å². The normalized spacial score (nSPS) is 17.5. The van der Waals surface area contributed by atoms with Gasteiger partial charge in [0.1, 0.15) is 4.33 Å². The van der Waals surface area contributed by atoms with Crippen molar-refractivity contribution in [2.45, 2.75) is 17.7 Å². The minimum atomic E-state index is -1.01. The molecular formula is C18H16Cl3N3O2. The lowest BCUT2D eigenvalue weighted by atomic mass is 10.1. The van der Waals surface area contributed by atoms with Crippen LogP contribution in [0, 0.1) is 12.8 Å². The molecular weight excluding hydrogens is 397 g/mol. The molecule has 0 spiro atoms. The van der Waals surface area contributed by atoms with Crippen molar-refractivity contribution in [1.29, 1.82) is 0 Å². The SMILES string of the molecule is Cc1ccc(NC(=O)c2cc(NC(=O)C3CC3(Cl)Cl)ccc2Cl)cc1N. The summed E-state index contributed by atoms with van der Waals surface area (Å²) in [7, 11) is 0. The van der Waals surface area contributed by atoms with Gasteiger partial charge in [-0.05, 0) is 49.2 Å². The zero-order valence-electron chi connectivity index (χ0n) is 13.8. The van der Waals surface area contributed by atoms with Crippen LogP contribution in [-0.2, 0) is 4.79 Å². The van der Waals surface area contributed by atoms with E-state index in [1.807, 2.05) is 13.0 Å². The number of anilines is 3. The van der Waals surface area contributed by atoms with Gasteiger partial charge in [0.05, 0.1) is 16.5 Å². The molecule has 0 heterocycles. The number of hydrogen-bond acceptors (Lipinski definition) is 3. The van der Waals surface area contributed by atoms with Crippen LogP contribution in [0.2, 0.25) is 5.02 Å². The molecule has 1 unspecified atom stereocenters. The van der Waals surface area contributed by atoms with Crippen LogP contribution in [0.25, 0.3) is 0 Å². The lowest BCUT2D eigenvalue weighted by Crippen LogP contribution is -2.18. The number of carbonyl (C=O) groups excluding carboxylic acids is 2. The third-order valence-corrected chi connectivity index (χ3v) is 5.32. The van der Waals surface area contributed by atoms with Crippen molar-refractivity contribution in [3.05, 3.63) is 52.5 Å². The van der Waals surface area contributed by atoms with E-state index in [4.69, 9.17) is 40.5 Å². The predicted octanol–water partition coefficient (Wildman–Crippen LogP) is 4.62. The van der Waals surface area contributed by atoms with E-state index in [0.717, 1.165) is 5.56 Å². The highest BCUT2D eigenvalue weighted by Gasteiger charge is 2.56. The van der Waals surface area contributed by atoms with E-state index < -0.39 is 16.2 Å². The van der Waals surface area contributed by atoms with Crippen LogP contribution < -0.4 is 16.4 Å². The number of nitrogen functional groups attached to an aromatic ring is 1. The number of nitrogens with one attached hydrogen (secondary N) is 2. The summed E-state index contributed by atoms with van der Waals surface area (Å²) in [6.07, 6.45) is 0.401. The summed E-state index contributed by atoms with van der Waals surface area (Å²) in [5.74, 6) is -1.17. The van der Waals surface area contributed by atoms with Crippen molar-refractivity contribution in [2.24, 2.45) is 5.92 Å². The summed E-state index contributed by atoms with van der Waals surface area (Å²) in [5.41, 5.74) is 8.56. The van der Waals surface area contributed by atoms with Gasteiger partial charge in [-0.15, -0.1) is 23.2 Å². The lowest BCUT2D eigenvalue weighted by molar-refractivity contribution is -0.117. The van der Waals surface area contributed by atoms with Gasteiger partial charge >= 0.3 is 0 Å². The van der Waals surface area contributed by atoms with E-state index in [-0.39, 0.29) is 16.5 Å². The molecule has 1 fully saturated rings. The van der Waals surface area contributed by atoms with Gasteiger partial charge in [-0.2, -0.15) is 0 Å². The minimum Gasteiger partial charge on any atom is -0.398 e. The molecule has 5 nitrogen and oxygen atoms in total. The monoisotopic (exact) mass is 411 g/mol. The Balaban J connectivity index is 1.75. The third-order valence-electron chi connectivity index (χ3n) is 4.16. The minimum absolute atomic E-state index is 0.224. The van der Waals surface area contributed by atoms with Crippen molar-refractivity contribution >= 4 is 63.7 Å². The Kier molecular flexibility index (Phi) is 5.06. The number of amides is 2. The summed E-state index contributed by atoms with van der Waals surface area (Å²) >= 11 is 17.9. The van der Waals surface area contributed by atoms with E-state index in [1.165, 1.54) is 12.1 Å². The smallest absolute Gasteiger partial charge is 0.257 e. The van der Waals surface area contributed by atoms with E-state index in [1.54, 1.807) is 18.2 Å². The lowest BCUT2D eigenvalue weighted by Gasteiger charge is -2.11. The van der Waals surface area contributed by atoms with E-state index in [0.29, 0.717) is 23.5 Å². The van der Waals surface area contributed by atoms with Gasteiger partial charge < -0.3 is 16.4 Å². The fourth-order valence-electron chi connectivity index (χ4n) is 2.42. The van der Waals surface area contributed by atoms with E-state index in [9.17, 15) is 9.59 Å². The van der Waals surface area contributed by atoms with Crippen LogP contribution >= 0.6 is 34.8 Å². The van der Waals surface area contributed by atoms with Crippen LogP contribution in [0.1, 0.15) is 22.3 Å². The molecule has 0 saturated heterocycles. The number of aryl methyl sites for hydroxylation is 1. The van der Waals surface area contributed by atoms with E-state index in [2.05, 4.69) is 10.6 Å². The fraction of sp³-hybridized carbons (Fsp3) is 0.222. The number of nitrogens with two attached hydrogens (primary N) is 1. The van der Waals surface area contributed by atoms with E-state index >= 15 is 0 Å². The number of benzene rings is 2. The second kappa shape index (κ2) is 6.99. The fourth-order valence-corrected chi connectivity index (χ4v) is 3.13. The molecule has 1 saturated carbocycles. The van der Waals surface area contributed by atoms with Crippen molar-refractivity contribution in [3.63, 3.8) is 0 Å². The molecule has 1 aliphatic carbocycles. The molecule has 2 aromatic carbocycles. The van der Waals surface area contributed by atoms with Crippen molar-refractivity contribution in [1.82, 2.24) is 0 Å². The molecule has 3 rings (SSSR count). The number of rotatable bonds is 4. The van der Waals surface area contributed by atoms with Crippen molar-refractivity contribution in [3.8, 4) is 0 Å². The molecule has 136 valence electrons. The molecule has 0 bridgehead atoms. The summed E-state index contributed by atoms with van der Waals surface area (Å²) in [6.45, 7) is 1.88. The zero-order valence-corrected chi connectivity index (χ0v) is 16.0. The maximum absolute atomic E-state index is 12.5. The van der Waals surface area contributed by atoms with Crippen LogP contribution in [0.3, 0.4) is 0 Å². The zero-order chi connectivity index (χ0) is 19.1. The van der Waals surface area contributed by atoms with Crippen LogP contribution in [0.15, 0.2) is 36.4 Å². The summed E-state index contributed by atoms with van der Waals surface area (Å²) in [6, 6.07) is 9.87.